The van der Waals surface area contributed by atoms with Crippen molar-refractivity contribution in [2.24, 2.45) is 0 Å². The number of anilines is 1. The summed E-state index contributed by atoms with van der Waals surface area (Å²) >= 11 is 3.39. The van der Waals surface area contributed by atoms with E-state index in [1.807, 2.05) is 58.0 Å². The Morgan fingerprint density at radius 2 is 1.54 bits per heavy atom. The van der Waals surface area contributed by atoms with E-state index in [9.17, 15) is 18.0 Å². The van der Waals surface area contributed by atoms with E-state index < -0.39 is 28.5 Å². The minimum atomic E-state index is -4.08. The zero-order chi connectivity index (χ0) is 28.6. The molecule has 2 amide bonds. The van der Waals surface area contributed by atoms with Crippen LogP contribution in [-0.4, -0.2) is 50.3 Å². The van der Waals surface area contributed by atoms with Crippen molar-refractivity contribution in [2.75, 3.05) is 17.4 Å². The van der Waals surface area contributed by atoms with Crippen LogP contribution in [0.1, 0.15) is 38.3 Å². The Morgan fingerprint density at radius 3 is 2.10 bits per heavy atom. The lowest BCUT2D eigenvalue weighted by Crippen LogP contribution is -2.54. The zero-order valence-corrected chi connectivity index (χ0v) is 25.2. The van der Waals surface area contributed by atoms with Gasteiger partial charge in [-0.15, -0.1) is 0 Å². The molecule has 0 unspecified atom stereocenters. The number of amides is 2. The van der Waals surface area contributed by atoms with E-state index in [4.69, 9.17) is 0 Å². The number of rotatable bonds is 12. The van der Waals surface area contributed by atoms with Crippen molar-refractivity contribution in [3.05, 3.63) is 94.5 Å². The molecule has 1 N–H and O–H groups in total. The number of sulfonamides is 1. The topological polar surface area (TPSA) is 86.8 Å². The van der Waals surface area contributed by atoms with Crippen molar-refractivity contribution in [1.82, 2.24) is 10.2 Å². The first kappa shape index (κ1) is 30.4. The Labute approximate surface area is 240 Å². The average Bonchev–Trinajstić information content (AvgIpc) is 2.90. The largest absolute Gasteiger partial charge is 0.352 e. The minimum absolute atomic E-state index is 0.0873. The number of hydrogen-bond donors (Lipinski definition) is 1. The lowest BCUT2D eigenvalue weighted by atomic mass is 10.1. The Kier molecular flexibility index (Phi) is 10.7. The van der Waals surface area contributed by atoms with Gasteiger partial charge in [0.25, 0.3) is 10.0 Å². The van der Waals surface area contributed by atoms with Crippen LogP contribution in [0.25, 0.3) is 0 Å². The second-order valence-corrected chi connectivity index (χ2v) is 12.5. The maximum absolute atomic E-state index is 14.0. The molecule has 0 bridgehead atoms. The molecule has 0 aliphatic heterocycles. The lowest BCUT2D eigenvalue weighted by molar-refractivity contribution is -0.139. The summed E-state index contributed by atoms with van der Waals surface area (Å²) in [4.78, 5) is 28.7. The van der Waals surface area contributed by atoms with Gasteiger partial charge in [0, 0.05) is 17.1 Å². The molecule has 1 atom stereocenters. The maximum Gasteiger partial charge on any atom is 0.264 e. The number of nitrogens with zero attached hydrogens (tertiary/aromatic N) is 2. The van der Waals surface area contributed by atoms with Gasteiger partial charge < -0.3 is 10.2 Å². The summed E-state index contributed by atoms with van der Waals surface area (Å²) in [6, 6.07) is 22.2. The highest BCUT2D eigenvalue weighted by molar-refractivity contribution is 9.10. The summed E-state index contributed by atoms with van der Waals surface area (Å²) in [7, 11) is -4.08. The lowest BCUT2D eigenvalue weighted by Gasteiger charge is -2.33. The van der Waals surface area contributed by atoms with Crippen molar-refractivity contribution in [3.63, 3.8) is 0 Å². The van der Waals surface area contributed by atoms with Crippen LogP contribution in [-0.2, 0) is 26.0 Å². The molecule has 0 aromatic heterocycles. The van der Waals surface area contributed by atoms with Crippen molar-refractivity contribution >= 4 is 43.5 Å². The van der Waals surface area contributed by atoms with E-state index in [1.54, 1.807) is 48.5 Å². The van der Waals surface area contributed by atoms with Gasteiger partial charge in [0.15, 0.2) is 0 Å². The van der Waals surface area contributed by atoms with E-state index in [2.05, 4.69) is 21.2 Å². The predicted octanol–water partition coefficient (Wildman–Crippen LogP) is 5.33. The van der Waals surface area contributed by atoms with Crippen molar-refractivity contribution in [3.8, 4) is 0 Å². The molecule has 0 heterocycles. The summed E-state index contributed by atoms with van der Waals surface area (Å²) in [6.45, 7) is 7.28. The summed E-state index contributed by atoms with van der Waals surface area (Å²) in [5.41, 5.74) is 2.30. The third-order valence-electron chi connectivity index (χ3n) is 6.30. The van der Waals surface area contributed by atoms with Crippen molar-refractivity contribution in [2.45, 2.75) is 57.5 Å². The number of aryl methyl sites for hydroxylation is 1. The number of nitrogens with one attached hydrogen (secondary N) is 1. The highest BCUT2D eigenvalue weighted by Crippen LogP contribution is 2.26. The molecular formula is C30H36BrN3O4S. The van der Waals surface area contributed by atoms with Gasteiger partial charge in [0.05, 0.1) is 10.6 Å². The zero-order valence-electron chi connectivity index (χ0n) is 22.8. The van der Waals surface area contributed by atoms with E-state index >= 15 is 0 Å². The Balaban J connectivity index is 2.00. The van der Waals surface area contributed by atoms with E-state index in [-0.39, 0.29) is 23.4 Å². The predicted molar refractivity (Wildman–Crippen MR) is 159 cm³/mol. The number of benzene rings is 3. The number of hydrogen-bond acceptors (Lipinski definition) is 4. The minimum Gasteiger partial charge on any atom is -0.352 e. The van der Waals surface area contributed by atoms with Gasteiger partial charge >= 0.3 is 0 Å². The van der Waals surface area contributed by atoms with Gasteiger partial charge in [-0.05, 0) is 75.6 Å². The van der Waals surface area contributed by atoms with Crippen LogP contribution in [0.15, 0.2) is 88.2 Å². The second-order valence-electron chi connectivity index (χ2n) is 9.71. The Bertz CT molecular complexity index is 1350. The van der Waals surface area contributed by atoms with Gasteiger partial charge in [-0.1, -0.05) is 70.9 Å². The van der Waals surface area contributed by atoms with Crippen LogP contribution >= 0.6 is 15.9 Å². The molecule has 0 aliphatic carbocycles. The quantitative estimate of drug-likeness (QED) is 0.299. The summed E-state index contributed by atoms with van der Waals surface area (Å²) in [5, 5.41) is 2.91. The standard InChI is InChI=1S/C30H36BrN3O4S/c1-5-28(30(36)32-22(2)3)33(20-19-24-9-7-6-8-10-24)29(35)21-34(26-15-13-25(31)14-16-26)39(37,38)27-17-11-23(4)12-18-27/h6-18,22,28H,5,19-21H2,1-4H3,(H,32,36)/t28-/m1/s1. The fourth-order valence-electron chi connectivity index (χ4n) is 4.25. The van der Waals surface area contributed by atoms with Crippen LogP contribution in [0.2, 0.25) is 0 Å². The fraction of sp³-hybridized carbons (Fsp3) is 0.333. The molecule has 0 fully saturated rings. The third kappa shape index (κ3) is 8.16. The Hall–Kier alpha value is -3.17. The molecule has 208 valence electrons. The monoisotopic (exact) mass is 613 g/mol. The Morgan fingerprint density at radius 1 is 0.923 bits per heavy atom. The molecule has 7 nitrogen and oxygen atoms in total. The molecule has 0 saturated carbocycles. The first-order valence-corrected chi connectivity index (χ1v) is 15.2. The second kappa shape index (κ2) is 13.8. The molecule has 0 saturated heterocycles. The molecule has 3 rings (SSSR count). The van der Waals surface area contributed by atoms with Gasteiger partial charge in [-0.25, -0.2) is 8.42 Å². The summed E-state index contributed by atoms with van der Waals surface area (Å²) in [6.07, 6.45) is 0.920. The smallest absolute Gasteiger partial charge is 0.264 e. The molecule has 3 aromatic carbocycles. The van der Waals surface area contributed by atoms with E-state index in [1.165, 1.54) is 4.90 Å². The average molecular weight is 615 g/mol. The normalized spacial score (nSPS) is 12.2. The molecule has 9 heteroatoms. The molecular weight excluding hydrogens is 578 g/mol. The van der Waals surface area contributed by atoms with Gasteiger partial charge in [-0.2, -0.15) is 0 Å². The fourth-order valence-corrected chi connectivity index (χ4v) is 5.93. The first-order valence-electron chi connectivity index (χ1n) is 13.0. The van der Waals surface area contributed by atoms with Crippen LogP contribution in [0.4, 0.5) is 5.69 Å². The number of halogens is 1. The molecule has 39 heavy (non-hydrogen) atoms. The van der Waals surface area contributed by atoms with Gasteiger partial charge in [0.2, 0.25) is 11.8 Å². The van der Waals surface area contributed by atoms with E-state index in [0.717, 1.165) is 19.9 Å². The van der Waals surface area contributed by atoms with Crippen LogP contribution in [0, 0.1) is 6.92 Å². The number of carbonyl (C=O) groups is 2. The van der Waals surface area contributed by atoms with Gasteiger partial charge in [-0.3, -0.25) is 13.9 Å². The third-order valence-corrected chi connectivity index (χ3v) is 8.62. The first-order chi connectivity index (χ1) is 18.5. The highest BCUT2D eigenvalue weighted by atomic mass is 79.9. The highest BCUT2D eigenvalue weighted by Gasteiger charge is 2.33. The molecule has 0 spiro atoms. The van der Waals surface area contributed by atoms with E-state index in [0.29, 0.717) is 18.5 Å². The molecule has 0 radical (unpaired) electrons. The van der Waals surface area contributed by atoms with Crippen LogP contribution in [0.3, 0.4) is 0 Å². The summed E-state index contributed by atoms with van der Waals surface area (Å²) in [5.74, 6) is -0.708. The van der Waals surface area contributed by atoms with Crippen LogP contribution in [0.5, 0.6) is 0 Å². The molecule has 3 aromatic rings. The molecule has 0 aliphatic rings. The van der Waals surface area contributed by atoms with Crippen molar-refractivity contribution < 1.29 is 18.0 Å². The summed E-state index contributed by atoms with van der Waals surface area (Å²) < 4.78 is 29.6. The maximum atomic E-state index is 14.0. The van der Waals surface area contributed by atoms with Crippen LogP contribution < -0.4 is 9.62 Å². The number of carbonyl (C=O) groups excluding carboxylic acids is 2. The SMILES string of the molecule is CC[C@H](C(=O)NC(C)C)N(CCc1ccccc1)C(=O)CN(c1ccc(Br)cc1)S(=O)(=O)c1ccc(C)cc1. The van der Waals surface area contributed by atoms with Crippen molar-refractivity contribution in [1.29, 1.82) is 0 Å². The van der Waals surface area contributed by atoms with Gasteiger partial charge in [0.1, 0.15) is 12.6 Å².